The van der Waals surface area contributed by atoms with E-state index in [9.17, 15) is 14.4 Å². The Kier molecular flexibility index (Phi) is 18.7. The average Bonchev–Trinajstić information content (AvgIpc) is 3.64. The Bertz CT molecular complexity index is 761. The maximum absolute atomic E-state index is 10.6. The molecule has 32 heavy (non-hydrogen) atoms. The fourth-order valence-corrected chi connectivity index (χ4v) is 1.58. The van der Waals surface area contributed by atoms with Crippen molar-refractivity contribution in [2.45, 2.75) is 33.1 Å². The van der Waals surface area contributed by atoms with Crippen molar-refractivity contribution in [1.82, 2.24) is 0 Å². The SMILES string of the molecule is C1CO1.C=C(C)C(=O)O.C=CC(=O)OCCCC.C=Cc1ccccc1CC(=C)C(=O)O. The van der Waals surface area contributed by atoms with Gasteiger partial charge < -0.3 is 19.7 Å². The van der Waals surface area contributed by atoms with Gasteiger partial charge in [-0.3, -0.25) is 0 Å². The Balaban J connectivity index is 0. The Labute approximate surface area is 190 Å². The maximum atomic E-state index is 10.6. The first kappa shape index (κ1) is 30.7. The number of aliphatic carboxylic acids is 2. The summed E-state index contributed by atoms with van der Waals surface area (Å²) in [6.07, 6.45) is 5.22. The van der Waals surface area contributed by atoms with Gasteiger partial charge in [0.25, 0.3) is 0 Å². The molecule has 7 heteroatoms. The van der Waals surface area contributed by atoms with Crippen LogP contribution >= 0.6 is 0 Å². The molecule has 0 radical (unpaired) electrons. The number of unbranched alkanes of at least 4 members (excludes halogenated alkanes) is 1. The lowest BCUT2D eigenvalue weighted by atomic mass is 10.0. The van der Waals surface area contributed by atoms with Crippen molar-refractivity contribution in [3.63, 3.8) is 0 Å². The van der Waals surface area contributed by atoms with Crippen LogP contribution in [0.15, 0.2) is 67.8 Å². The first-order valence-corrected chi connectivity index (χ1v) is 9.97. The molecule has 0 unspecified atom stereocenters. The molecule has 2 rings (SSSR count). The first-order valence-electron chi connectivity index (χ1n) is 9.97. The molecule has 0 amide bonds. The number of carbonyl (C=O) groups is 3. The molecule has 1 heterocycles. The standard InChI is InChI=1S/C12H12O2.C7H12O2.C4H6O2.C2H4O/c1-3-10-6-4-5-7-11(10)8-9(2)12(13)14;1-3-5-6-9-7(8)4-2;1-3(2)4(5)6;1-2-3-1/h3-7H,1-2,8H2,(H,13,14);4H,2-3,5-6H2,1H3;1H2,2H3,(H,5,6);1-2H2. The van der Waals surface area contributed by atoms with Crippen molar-refractivity contribution in [2.75, 3.05) is 19.8 Å². The normalized spacial score (nSPS) is 10.2. The van der Waals surface area contributed by atoms with E-state index in [4.69, 9.17) is 10.2 Å². The van der Waals surface area contributed by atoms with Crippen LogP contribution in [-0.4, -0.2) is 47.9 Å². The molecule has 7 nitrogen and oxygen atoms in total. The molecule has 2 N–H and O–H groups in total. The number of hydrogen-bond donors (Lipinski definition) is 2. The Morgan fingerprint density at radius 2 is 1.62 bits per heavy atom. The van der Waals surface area contributed by atoms with E-state index in [1.165, 1.54) is 13.0 Å². The van der Waals surface area contributed by atoms with Crippen LogP contribution in [-0.2, 0) is 30.3 Å². The smallest absolute Gasteiger partial charge is 0.331 e. The Morgan fingerprint density at radius 1 is 1.09 bits per heavy atom. The molecule has 0 spiro atoms. The summed E-state index contributed by atoms with van der Waals surface area (Å²) in [5.41, 5.74) is 2.26. The molecule has 1 aromatic rings. The average molecular weight is 447 g/mol. The van der Waals surface area contributed by atoms with Crippen LogP contribution in [0.4, 0.5) is 0 Å². The van der Waals surface area contributed by atoms with Gasteiger partial charge in [0, 0.05) is 23.6 Å². The summed E-state index contributed by atoms with van der Waals surface area (Å²) in [5, 5.41) is 16.6. The number of epoxide rings is 1. The third-order valence-electron chi connectivity index (χ3n) is 3.46. The summed E-state index contributed by atoms with van der Waals surface area (Å²) in [7, 11) is 0. The summed E-state index contributed by atoms with van der Waals surface area (Å²) in [5.74, 6) is -2.22. The van der Waals surface area contributed by atoms with Gasteiger partial charge in [-0.05, 0) is 24.5 Å². The minimum Gasteiger partial charge on any atom is -0.478 e. The minimum absolute atomic E-state index is 0.176. The van der Waals surface area contributed by atoms with Gasteiger partial charge >= 0.3 is 17.9 Å². The number of rotatable bonds is 9. The summed E-state index contributed by atoms with van der Waals surface area (Å²) in [6, 6.07) is 7.55. The van der Waals surface area contributed by atoms with Gasteiger partial charge in [0.15, 0.2) is 0 Å². The van der Waals surface area contributed by atoms with Crippen molar-refractivity contribution in [3.05, 3.63) is 78.9 Å². The molecular weight excluding hydrogens is 412 g/mol. The van der Waals surface area contributed by atoms with E-state index in [2.05, 4.69) is 35.8 Å². The van der Waals surface area contributed by atoms with Crippen LogP contribution in [0.2, 0.25) is 0 Å². The lowest BCUT2D eigenvalue weighted by Gasteiger charge is -2.04. The van der Waals surface area contributed by atoms with Gasteiger partial charge in [-0.25, -0.2) is 14.4 Å². The third-order valence-corrected chi connectivity index (χ3v) is 3.46. The van der Waals surface area contributed by atoms with E-state index in [0.717, 1.165) is 37.2 Å². The molecule has 1 aromatic carbocycles. The Morgan fingerprint density at radius 3 is 2.00 bits per heavy atom. The highest BCUT2D eigenvalue weighted by atomic mass is 16.6. The van der Waals surface area contributed by atoms with Crippen LogP contribution in [0.1, 0.15) is 37.8 Å². The summed E-state index contributed by atoms with van der Waals surface area (Å²) in [6.45, 7) is 19.6. The van der Waals surface area contributed by atoms with Crippen molar-refractivity contribution >= 4 is 24.0 Å². The molecule has 0 atom stereocenters. The molecule has 1 saturated heterocycles. The lowest BCUT2D eigenvalue weighted by Crippen LogP contribution is -2.03. The molecular formula is C25H34O7. The zero-order valence-electron chi connectivity index (χ0n) is 19.0. The van der Waals surface area contributed by atoms with E-state index in [1.807, 2.05) is 31.2 Å². The van der Waals surface area contributed by atoms with Crippen LogP contribution in [0.3, 0.4) is 0 Å². The summed E-state index contributed by atoms with van der Waals surface area (Å²) < 4.78 is 9.17. The van der Waals surface area contributed by atoms with Crippen molar-refractivity contribution in [3.8, 4) is 0 Å². The second kappa shape index (κ2) is 19.5. The van der Waals surface area contributed by atoms with E-state index in [0.29, 0.717) is 13.0 Å². The highest BCUT2D eigenvalue weighted by molar-refractivity contribution is 5.86. The zero-order chi connectivity index (χ0) is 24.9. The number of hydrogen-bond acceptors (Lipinski definition) is 5. The molecule has 0 aromatic heterocycles. The van der Waals surface area contributed by atoms with Gasteiger partial charge in [-0.2, -0.15) is 0 Å². The lowest BCUT2D eigenvalue weighted by molar-refractivity contribution is -0.138. The van der Waals surface area contributed by atoms with Crippen LogP contribution in [0.5, 0.6) is 0 Å². The van der Waals surface area contributed by atoms with Crippen molar-refractivity contribution in [2.24, 2.45) is 0 Å². The first-order chi connectivity index (χ1) is 15.1. The maximum Gasteiger partial charge on any atom is 0.331 e. The van der Waals surface area contributed by atoms with Crippen LogP contribution in [0.25, 0.3) is 6.08 Å². The molecule has 0 aliphatic carbocycles. The van der Waals surface area contributed by atoms with Gasteiger partial charge in [0.05, 0.1) is 19.8 Å². The number of esters is 1. The number of carboxylic acid groups (broad SMARTS) is 2. The monoisotopic (exact) mass is 446 g/mol. The van der Waals surface area contributed by atoms with Crippen molar-refractivity contribution in [1.29, 1.82) is 0 Å². The largest absolute Gasteiger partial charge is 0.478 e. The molecule has 1 aliphatic heterocycles. The topological polar surface area (TPSA) is 113 Å². The highest BCUT2D eigenvalue weighted by Gasteiger charge is 2.06. The number of benzene rings is 1. The molecule has 176 valence electrons. The van der Waals surface area contributed by atoms with Gasteiger partial charge in [-0.1, -0.05) is 70.0 Å². The number of ether oxygens (including phenoxy) is 2. The zero-order valence-corrected chi connectivity index (χ0v) is 19.0. The highest BCUT2D eigenvalue weighted by Crippen LogP contribution is 2.14. The van der Waals surface area contributed by atoms with Gasteiger partial charge in [-0.15, -0.1) is 0 Å². The van der Waals surface area contributed by atoms with Gasteiger partial charge in [0.1, 0.15) is 0 Å². The fraction of sp³-hybridized carbons (Fsp3) is 0.320. The summed E-state index contributed by atoms with van der Waals surface area (Å²) in [4.78, 5) is 30.5. The predicted octanol–water partition coefficient (Wildman–Crippen LogP) is 4.69. The molecule has 0 saturated carbocycles. The third kappa shape index (κ3) is 19.8. The number of carbonyl (C=O) groups excluding carboxylic acids is 1. The second-order valence-electron chi connectivity index (χ2n) is 6.41. The predicted molar refractivity (Wildman–Crippen MR) is 126 cm³/mol. The second-order valence-corrected chi connectivity index (χ2v) is 6.41. The van der Waals surface area contributed by atoms with E-state index in [-0.39, 0.29) is 17.1 Å². The fourth-order valence-electron chi connectivity index (χ4n) is 1.58. The van der Waals surface area contributed by atoms with E-state index < -0.39 is 11.9 Å². The van der Waals surface area contributed by atoms with Crippen LogP contribution < -0.4 is 0 Å². The summed E-state index contributed by atoms with van der Waals surface area (Å²) >= 11 is 0. The van der Waals surface area contributed by atoms with Gasteiger partial charge in [0.2, 0.25) is 0 Å². The van der Waals surface area contributed by atoms with Crippen LogP contribution in [0, 0.1) is 0 Å². The molecule has 1 aliphatic rings. The molecule has 1 fully saturated rings. The van der Waals surface area contributed by atoms with E-state index >= 15 is 0 Å². The van der Waals surface area contributed by atoms with Crippen molar-refractivity contribution < 1.29 is 34.1 Å². The quantitative estimate of drug-likeness (QED) is 0.245. The molecule has 0 bridgehead atoms. The Hall–Kier alpha value is -3.45. The number of carboxylic acids is 2. The van der Waals surface area contributed by atoms with E-state index in [1.54, 1.807) is 6.08 Å². The minimum atomic E-state index is -0.955.